The molecule has 1 amide bonds. The largest absolute Gasteiger partial charge is 0.396 e. The number of nitrogens with one attached hydrogen (secondary N) is 1. The minimum absolute atomic E-state index is 0.229. The maximum absolute atomic E-state index is 13.5. The maximum atomic E-state index is 13.5. The van der Waals surface area contributed by atoms with Crippen molar-refractivity contribution in [2.75, 3.05) is 52.0 Å². The summed E-state index contributed by atoms with van der Waals surface area (Å²) in [5.74, 6) is -2.34. The minimum Gasteiger partial charge on any atom is -0.396 e. The fraction of sp³-hybridized carbons (Fsp3) is 0.500. The van der Waals surface area contributed by atoms with E-state index < -0.39 is 17.5 Å². The molecule has 3 N–H and O–H groups in total. The molecule has 5 nitrogen and oxygen atoms in total. The smallest absolute Gasteiger partial charge is 0.254 e. The third-order valence-corrected chi connectivity index (χ3v) is 3.64. The molecule has 1 saturated heterocycles. The van der Waals surface area contributed by atoms with Crippen LogP contribution in [-0.2, 0) is 0 Å². The molecule has 1 aromatic carbocycles. The molecule has 0 aliphatic carbocycles. The number of nitrogens with two attached hydrogens (primary N) is 1. The van der Waals surface area contributed by atoms with Gasteiger partial charge in [0.25, 0.3) is 5.91 Å². The van der Waals surface area contributed by atoms with Crippen LogP contribution in [-0.4, -0.2) is 62.0 Å². The molecular formula is C14H20F2N4O. The van der Waals surface area contributed by atoms with Gasteiger partial charge in [0.2, 0.25) is 0 Å². The van der Waals surface area contributed by atoms with Crippen LogP contribution in [0, 0.1) is 11.6 Å². The van der Waals surface area contributed by atoms with E-state index in [-0.39, 0.29) is 11.3 Å². The van der Waals surface area contributed by atoms with Crippen LogP contribution in [0.2, 0.25) is 0 Å². The first kappa shape index (κ1) is 15.7. The lowest BCUT2D eigenvalue weighted by atomic mass is 10.1. The maximum Gasteiger partial charge on any atom is 0.254 e. The Hall–Kier alpha value is -1.73. The Morgan fingerprint density at radius 1 is 1.24 bits per heavy atom. The zero-order chi connectivity index (χ0) is 15.4. The number of carbonyl (C=O) groups excluding carboxylic acids is 1. The van der Waals surface area contributed by atoms with Crippen LogP contribution in [0.25, 0.3) is 0 Å². The van der Waals surface area contributed by atoms with E-state index in [0.29, 0.717) is 19.2 Å². The Kier molecular flexibility index (Phi) is 5.08. The van der Waals surface area contributed by atoms with Crippen molar-refractivity contribution < 1.29 is 13.6 Å². The Balaban J connectivity index is 1.83. The number of piperazine rings is 1. The van der Waals surface area contributed by atoms with Crippen LogP contribution in [0.3, 0.4) is 0 Å². The van der Waals surface area contributed by atoms with Crippen LogP contribution in [0.1, 0.15) is 10.4 Å². The third-order valence-electron chi connectivity index (χ3n) is 3.64. The van der Waals surface area contributed by atoms with Gasteiger partial charge >= 0.3 is 0 Å². The molecule has 2 rings (SSSR count). The lowest BCUT2D eigenvalue weighted by Crippen LogP contribution is -2.46. The van der Waals surface area contributed by atoms with E-state index in [1.807, 2.05) is 0 Å². The first-order valence-corrected chi connectivity index (χ1v) is 6.91. The van der Waals surface area contributed by atoms with Gasteiger partial charge in [-0.2, -0.15) is 0 Å². The average molecular weight is 298 g/mol. The first-order valence-electron chi connectivity index (χ1n) is 6.91. The predicted molar refractivity (Wildman–Crippen MR) is 77.0 cm³/mol. The average Bonchev–Trinajstić information content (AvgIpc) is 2.45. The van der Waals surface area contributed by atoms with Gasteiger partial charge in [0.15, 0.2) is 0 Å². The minimum atomic E-state index is -0.904. The molecule has 21 heavy (non-hydrogen) atoms. The van der Waals surface area contributed by atoms with Gasteiger partial charge in [-0.3, -0.25) is 9.69 Å². The van der Waals surface area contributed by atoms with Gasteiger partial charge in [0.05, 0.1) is 11.3 Å². The summed E-state index contributed by atoms with van der Waals surface area (Å²) < 4.78 is 26.6. The summed E-state index contributed by atoms with van der Waals surface area (Å²) in [5.41, 5.74) is 4.89. The summed E-state index contributed by atoms with van der Waals surface area (Å²) in [7, 11) is 2.07. The highest BCUT2D eigenvalue weighted by Gasteiger charge is 2.16. The molecule has 0 bridgehead atoms. The lowest BCUT2D eigenvalue weighted by Gasteiger charge is -2.32. The van der Waals surface area contributed by atoms with Gasteiger partial charge in [-0.25, -0.2) is 8.78 Å². The third kappa shape index (κ3) is 4.12. The normalized spacial score (nSPS) is 16.9. The molecule has 0 atom stereocenters. The summed E-state index contributed by atoms with van der Waals surface area (Å²) in [4.78, 5) is 16.3. The summed E-state index contributed by atoms with van der Waals surface area (Å²) in [6, 6.07) is 1.65. The molecule has 116 valence electrons. The van der Waals surface area contributed by atoms with Crippen molar-refractivity contribution in [3.8, 4) is 0 Å². The standard InChI is InChI=1S/C14H20F2N4O/c1-19-4-6-20(7-5-19)3-2-18-14(21)10-8-13(17)12(16)9-11(10)15/h8-9H,2-7,17H2,1H3,(H,18,21). The zero-order valence-electron chi connectivity index (χ0n) is 12.0. The van der Waals surface area contributed by atoms with Gasteiger partial charge in [0, 0.05) is 45.3 Å². The number of hydrogen-bond donors (Lipinski definition) is 2. The SMILES string of the molecule is CN1CCN(CCNC(=O)c2cc(N)c(F)cc2F)CC1. The Bertz CT molecular complexity index is 516. The molecule has 1 aliphatic rings. The van der Waals surface area contributed by atoms with Crippen molar-refractivity contribution >= 4 is 11.6 Å². The highest BCUT2D eigenvalue weighted by molar-refractivity contribution is 5.95. The van der Waals surface area contributed by atoms with Crippen LogP contribution < -0.4 is 11.1 Å². The van der Waals surface area contributed by atoms with Crippen molar-refractivity contribution in [2.24, 2.45) is 0 Å². The van der Waals surface area contributed by atoms with Crippen molar-refractivity contribution in [1.82, 2.24) is 15.1 Å². The molecule has 0 radical (unpaired) electrons. The number of rotatable bonds is 4. The Morgan fingerprint density at radius 3 is 2.57 bits per heavy atom. The molecule has 0 unspecified atom stereocenters. The second-order valence-corrected chi connectivity index (χ2v) is 5.25. The topological polar surface area (TPSA) is 61.6 Å². The van der Waals surface area contributed by atoms with Gasteiger partial charge < -0.3 is 16.0 Å². The van der Waals surface area contributed by atoms with Crippen LogP contribution in [0.4, 0.5) is 14.5 Å². The summed E-state index contributed by atoms with van der Waals surface area (Å²) >= 11 is 0. The number of nitrogen functional groups attached to an aromatic ring is 1. The zero-order valence-corrected chi connectivity index (χ0v) is 12.0. The number of amides is 1. The second-order valence-electron chi connectivity index (χ2n) is 5.25. The Morgan fingerprint density at radius 2 is 1.90 bits per heavy atom. The highest BCUT2D eigenvalue weighted by Crippen LogP contribution is 2.16. The summed E-state index contributed by atoms with van der Waals surface area (Å²) in [5, 5.41) is 2.63. The quantitative estimate of drug-likeness (QED) is 0.796. The number of halogens is 2. The number of likely N-dealkylation sites (N-methyl/N-ethyl adjacent to an activating group) is 1. The van der Waals surface area contributed by atoms with Crippen molar-refractivity contribution in [3.63, 3.8) is 0 Å². The molecule has 0 saturated carbocycles. The monoisotopic (exact) mass is 298 g/mol. The van der Waals surface area contributed by atoms with E-state index in [4.69, 9.17) is 5.73 Å². The molecule has 1 aliphatic heterocycles. The van der Waals surface area contributed by atoms with Crippen LogP contribution >= 0.6 is 0 Å². The lowest BCUT2D eigenvalue weighted by molar-refractivity contribution is 0.0937. The summed E-state index contributed by atoms with van der Waals surface area (Å²) in [6.07, 6.45) is 0. The van der Waals surface area contributed by atoms with E-state index >= 15 is 0 Å². The molecular weight excluding hydrogens is 278 g/mol. The number of carbonyl (C=O) groups is 1. The molecule has 1 heterocycles. The molecule has 0 spiro atoms. The van der Waals surface area contributed by atoms with E-state index in [1.165, 1.54) is 0 Å². The van der Waals surface area contributed by atoms with E-state index in [9.17, 15) is 13.6 Å². The number of anilines is 1. The van der Waals surface area contributed by atoms with Crippen molar-refractivity contribution in [1.29, 1.82) is 0 Å². The van der Waals surface area contributed by atoms with E-state index in [1.54, 1.807) is 0 Å². The molecule has 0 aromatic heterocycles. The van der Waals surface area contributed by atoms with Crippen LogP contribution in [0.15, 0.2) is 12.1 Å². The van der Waals surface area contributed by atoms with Crippen molar-refractivity contribution in [2.45, 2.75) is 0 Å². The van der Waals surface area contributed by atoms with E-state index in [0.717, 1.165) is 32.2 Å². The summed E-state index contributed by atoms with van der Waals surface area (Å²) in [6.45, 7) is 5.01. The number of benzene rings is 1. The fourth-order valence-electron chi connectivity index (χ4n) is 2.23. The highest BCUT2D eigenvalue weighted by atomic mass is 19.1. The first-order chi connectivity index (χ1) is 9.97. The van der Waals surface area contributed by atoms with Gasteiger partial charge in [-0.1, -0.05) is 0 Å². The molecule has 7 heteroatoms. The Labute approximate surface area is 122 Å². The van der Waals surface area contributed by atoms with E-state index in [2.05, 4.69) is 22.2 Å². The van der Waals surface area contributed by atoms with Gasteiger partial charge in [-0.15, -0.1) is 0 Å². The van der Waals surface area contributed by atoms with Crippen LogP contribution in [0.5, 0.6) is 0 Å². The number of hydrogen-bond acceptors (Lipinski definition) is 4. The van der Waals surface area contributed by atoms with Gasteiger partial charge in [0.1, 0.15) is 11.6 Å². The molecule has 1 aromatic rings. The van der Waals surface area contributed by atoms with Gasteiger partial charge in [-0.05, 0) is 13.1 Å². The fourth-order valence-corrected chi connectivity index (χ4v) is 2.23. The predicted octanol–water partition coefficient (Wildman–Crippen LogP) is 0.524. The number of nitrogens with zero attached hydrogens (tertiary/aromatic N) is 2. The van der Waals surface area contributed by atoms with Crippen molar-refractivity contribution in [3.05, 3.63) is 29.3 Å². The second kappa shape index (κ2) is 6.82. The molecule has 1 fully saturated rings.